The highest BCUT2D eigenvalue weighted by atomic mass is 16.6. The maximum Gasteiger partial charge on any atom is 0.348 e. The molecule has 0 aliphatic heterocycles. The van der Waals surface area contributed by atoms with Gasteiger partial charge in [-0.25, -0.2) is 14.4 Å². The van der Waals surface area contributed by atoms with Gasteiger partial charge in [0.15, 0.2) is 11.5 Å². The van der Waals surface area contributed by atoms with Gasteiger partial charge in [-0.05, 0) is 41.5 Å². The molecule has 0 saturated heterocycles. The van der Waals surface area contributed by atoms with Crippen molar-refractivity contribution >= 4 is 24.0 Å². The molecular weight excluding hydrogens is 412 g/mol. The van der Waals surface area contributed by atoms with Crippen molar-refractivity contribution in [1.29, 1.82) is 0 Å². The van der Waals surface area contributed by atoms with Crippen LogP contribution < -0.4 is 4.74 Å². The Balaban J connectivity index is 2.24. The van der Waals surface area contributed by atoms with E-state index >= 15 is 0 Å². The summed E-state index contributed by atoms with van der Waals surface area (Å²) < 4.78 is 9.68. The second-order valence-corrected chi connectivity index (χ2v) is 6.49. The lowest BCUT2D eigenvalue weighted by molar-refractivity contribution is -0.192. The molecule has 164 valence electrons. The Morgan fingerprint density at radius 2 is 1.71 bits per heavy atom. The molecule has 2 aromatic carbocycles. The summed E-state index contributed by atoms with van der Waals surface area (Å²) in [5.74, 6) is -5.10. The monoisotopic (exact) mass is 432 g/mol. The highest BCUT2D eigenvalue weighted by Crippen LogP contribution is 2.27. The van der Waals surface area contributed by atoms with Gasteiger partial charge >= 0.3 is 17.9 Å². The number of esters is 1. The van der Waals surface area contributed by atoms with Crippen LogP contribution in [0, 0.1) is 0 Å². The maximum absolute atomic E-state index is 12.1. The minimum Gasteiger partial charge on any atom is -0.508 e. The lowest BCUT2D eigenvalue weighted by atomic mass is 9.88. The summed E-state index contributed by atoms with van der Waals surface area (Å²) in [4.78, 5) is 35.4. The van der Waals surface area contributed by atoms with Crippen molar-refractivity contribution in [1.82, 2.24) is 0 Å². The van der Waals surface area contributed by atoms with Crippen LogP contribution in [-0.2, 0) is 25.5 Å². The number of ether oxygens (including phenoxy) is 2. The number of aromatic hydroxyl groups is 2. The number of carbonyl (C=O) groups is 3. The predicted molar refractivity (Wildman–Crippen MR) is 106 cm³/mol. The summed E-state index contributed by atoms with van der Waals surface area (Å²) >= 11 is 0. The van der Waals surface area contributed by atoms with E-state index in [9.17, 15) is 39.9 Å². The molecule has 0 aliphatic carbocycles. The average molecular weight is 432 g/mol. The summed E-state index contributed by atoms with van der Waals surface area (Å²) in [6.07, 6.45) is -1.07. The summed E-state index contributed by atoms with van der Waals surface area (Å²) in [5.41, 5.74) is -2.39. The largest absolute Gasteiger partial charge is 0.508 e. The molecule has 31 heavy (non-hydrogen) atoms. The minimum atomic E-state index is -2.98. The molecule has 0 amide bonds. The van der Waals surface area contributed by atoms with Gasteiger partial charge < -0.3 is 35.0 Å². The quantitative estimate of drug-likeness (QED) is 0.286. The van der Waals surface area contributed by atoms with Crippen LogP contribution in [0.15, 0.2) is 48.5 Å². The molecule has 0 bridgehead atoms. The molecule has 10 nitrogen and oxygen atoms in total. The van der Waals surface area contributed by atoms with Crippen LogP contribution in [0.3, 0.4) is 0 Å². The van der Waals surface area contributed by atoms with Gasteiger partial charge in [-0.15, -0.1) is 0 Å². The molecule has 0 fully saturated rings. The smallest absolute Gasteiger partial charge is 0.348 e. The first-order chi connectivity index (χ1) is 14.6. The number of hydrogen-bond donors (Lipinski definition) is 5. The number of phenols is 2. The molecule has 0 aliphatic rings. The molecule has 0 spiro atoms. The number of aliphatic carboxylic acids is 2. The fourth-order valence-electron chi connectivity index (χ4n) is 2.68. The number of rotatable bonds is 9. The van der Waals surface area contributed by atoms with Gasteiger partial charge in [-0.3, -0.25) is 0 Å². The first-order valence-corrected chi connectivity index (χ1v) is 8.79. The molecule has 2 aromatic rings. The summed E-state index contributed by atoms with van der Waals surface area (Å²) in [5, 5.41) is 48.3. The normalized spacial score (nSPS) is 13.9. The Morgan fingerprint density at radius 1 is 1.06 bits per heavy atom. The van der Waals surface area contributed by atoms with Gasteiger partial charge in [-0.2, -0.15) is 0 Å². The van der Waals surface area contributed by atoms with Crippen LogP contribution in [-0.4, -0.2) is 62.3 Å². The van der Waals surface area contributed by atoms with E-state index in [0.29, 0.717) is 5.56 Å². The third-order valence-electron chi connectivity index (χ3n) is 4.29. The summed E-state index contributed by atoms with van der Waals surface area (Å²) in [6, 6.07) is 9.19. The zero-order valence-electron chi connectivity index (χ0n) is 16.3. The van der Waals surface area contributed by atoms with Crippen LogP contribution in [0.2, 0.25) is 0 Å². The third-order valence-corrected chi connectivity index (χ3v) is 4.29. The molecule has 10 heteroatoms. The number of carbonyl (C=O) groups excluding carboxylic acids is 1. The standard InChI is InChI=1S/C21H20O10/c1-30-16-10-12(4-8-15(16)23)5-9-17(24)31-18(19(25)26)21(29,20(27)28)11-13-2-6-14(22)7-3-13/h2-10,18,22-23,29H,11H2,1H3,(H,25,26)(H,27,28)/b9-5+/t18-,21+/m0/s1. The second kappa shape index (κ2) is 9.63. The number of hydrogen-bond acceptors (Lipinski definition) is 8. The van der Waals surface area contributed by atoms with E-state index < -0.39 is 36.0 Å². The van der Waals surface area contributed by atoms with E-state index in [1.165, 1.54) is 55.7 Å². The van der Waals surface area contributed by atoms with Crippen LogP contribution >= 0.6 is 0 Å². The van der Waals surface area contributed by atoms with Gasteiger partial charge in [0.25, 0.3) is 0 Å². The van der Waals surface area contributed by atoms with Gasteiger partial charge in [0.1, 0.15) is 5.75 Å². The van der Waals surface area contributed by atoms with Crippen molar-refractivity contribution < 1.29 is 49.4 Å². The van der Waals surface area contributed by atoms with Crippen molar-refractivity contribution in [2.45, 2.75) is 18.1 Å². The topological polar surface area (TPSA) is 171 Å². The number of benzene rings is 2. The highest BCUT2D eigenvalue weighted by Gasteiger charge is 2.51. The Bertz CT molecular complexity index is 996. The molecular formula is C21H20O10. The fraction of sp³-hybridized carbons (Fsp3) is 0.190. The van der Waals surface area contributed by atoms with E-state index in [-0.39, 0.29) is 22.8 Å². The van der Waals surface area contributed by atoms with Crippen molar-refractivity contribution in [2.24, 2.45) is 0 Å². The summed E-state index contributed by atoms with van der Waals surface area (Å²) in [7, 11) is 1.33. The molecule has 5 N–H and O–H groups in total. The van der Waals surface area contributed by atoms with Gasteiger partial charge in [0.05, 0.1) is 7.11 Å². The van der Waals surface area contributed by atoms with Crippen molar-refractivity contribution in [2.75, 3.05) is 7.11 Å². The second-order valence-electron chi connectivity index (χ2n) is 6.49. The van der Waals surface area contributed by atoms with Gasteiger partial charge in [0, 0.05) is 12.5 Å². The number of methoxy groups -OCH3 is 1. The molecule has 0 saturated carbocycles. The zero-order valence-corrected chi connectivity index (χ0v) is 16.3. The lowest BCUT2D eigenvalue weighted by Crippen LogP contribution is -2.56. The fourth-order valence-corrected chi connectivity index (χ4v) is 2.68. The first kappa shape index (κ1) is 23.2. The molecule has 0 heterocycles. The number of carboxylic acids is 2. The SMILES string of the molecule is COc1cc(/C=C/C(=O)O[C@@H](C(=O)O)[C@](O)(Cc2ccc(O)cc2)C(=O)O)ccc1O. The molecule has 2 atom stereocenters. The molecule has 0 radical (unpaired) electrons. The number of carboxylic acid groups (broad SMARTS) is 2. The first-order valence-electron chi connectivity index (χ1n) is 8.79. The van der Waals surface area contributed by atoms with E-state index in [0.717, 1.165) is 6.08 Å². The number of aliphatic hydroxyl groups is 1. The van der Waals surface area contributed by atoms with Crippen molar-refractivity contribution in [3.05, 3.63) is 59.7 Å². The zero-order chi connectivity index (χ0) is 23.2. The van der Waals surface area contributed by atoms with Crippen LogP contribution in [0.4, 0.5) is 0 Å². The van der Waals surface area contributed by atoms with Crippen LogP contribution in [0.25, 0.3) is 6.08 Å². The minimum absolute atomic E-state index is 0.111. The van der Waals surface area contributed by atoms with Gasteiger partial charge in [-0.1, -0.05) is 18.2 Å². The maximum atomic E-state index is 12.1. The van der Waals surface area contributed by atoms with E-state index in [1.807, 2.05) is 0 Å². The Hall–Kier alpha value is -4.05. The average Bonchev–Trinajstić information content (AvgIpc) is 2.72. The Kier molecular flexibility index (Phi) is 7.22. The van der Waals surface area contributed by atoms with E-state index in [2.05, 4.69) is 0 Å². The van der Waals surface area contributed by atoms with Crippen molar-refractivity contribution in [3.8, 4) is 17.2 Å². The Labute approximate surface area is 176 Å². The molecule has 0 aromatic heterocycles. The predicted octanol–water partition coefficient (Wildman–Crippen LogP) is 1.17. The van der Waals surface area contributed by atoms with Crippen LogP contribution in [0.1, 0.15) is 11.1 Å². The Morgan fingerprint density at radius 3 is 2.26 bits per heavy atom. The molecule has 0 unspecified atom stereocenters. The molecule has 2 rings (SSSR count). The lowest BCUT2D eigenvalue weighted by Gasteiger charge is -2.29. The summed E-state index contributed by atoms with van der Waals surface area (Å²) in [6.45, 7) is 0. The van der Waals surface area contributed by atoms with Crippen molar-refractivity contribution in [3.63, 3.8) is 0 Å². The van der Waals surface area contributed by atoms with Gasteiger partial charge in [0.2, 0.25) is 11.7 Å². The third kappa shape index (κ3) is 5.73. The van der Waals surface area contributed by atoms with E-state index in [4.69, 9.17) is 9.47 Å². The van der Waals surface area contributed by atoms with E-state index in [1.54, 1.807) is 0 Å². The van der Waals surface area contributed by atoms with Crippen LogP contribution in [0.5, 0.6) is 17.2 Å². The highest BCUT2D eigenvalue weighted by molar-refractivity contribution is 5.93. The number of phenolic OH excluding ortho intramolecular Hbond substituents is 2.